The van der Waals surface area contributed by atoms with Gasteiger partial charge in [0.15, 0.2) is 0 Å². The van der Waals surface area contributed by atoms with Crippen LogP contribution >= 0.6 is 20.6 Å². The Morgan fingerprint density at radius 3 is 2.70 bits per heavy atom. The van der Waals surface area contributed by atoms with Crippen LogP contribution in [0, 0.1) is 5.92 Å². The number of urea groups is 1. The van der Waals surface area contributed by atoms with Crippen molar-refractivity contribution in [3.63, 3.8) is 0 Å². The Kier molecular flexibility index (Phi) is 10.7. The number of hydrogen-bond donors (Lipinski definition) is 3. The Morgan fingerprint density at radius 1 is 1.27 bits per heavy atom. The fourth-order valence-corrected chi connectivity index (χ4v) is 6.38. The van der Waals surface area contributed by atoms with Gasteiger partial charge >= 0.3 is 12.0 Å². The summed E-state index contributed by atoms with van der Waals surface area (Å²) in [6.45, 7) is 9.03. The zero-order chi connectivity index (χ0) is 27.2. The number of hydrogen-bond acceptors (Lipinski definition) is 5. The molecule has 3 N–H and O–H groups in total. The standard InChI is InChI=1S/C27H40F2N3O3PS/c1-5-7-8-18-14-30-12-11-19(18)21(17(4)27(28,29)36)15-31-26(34)32-24-23(25(33)35-6-2)20-13-16(3)9-10-22(20)37-24/h16,30H,5-15,36H2,1-4H3,(H2,31,32,34)/b21-17+. The molecule has 2 heterocycles. The molecule has 10 heteroatoms. The number of carbonyl (C=O) groups excluding carboxylic acids is 2. The summed E-state index contributed by atoms with van der Waals surface area (Å²) >= 11 is 1.40. The molecule has 0 aromatic carbocycles. The van der Waals surface area contributed by atoms with Crippen LogP contribution in [0.2, 0.25) is 0 Å². The van der Waals surface area contributed by atoms with Crippen molar-refractivity contribution in [1.29, 1.82) is 0 Å². The van der Waals surface area contributed by atoms with Gasteiger partial charge in [-0.15, -0.1) is 11.3 Å². The summed E-state index contributed by atoms with van der Waals surface area (Å²) in [5.41, 5.74) is 0.765. The van der Waals surface area contributed by atoms with Crippen molar-refractivity contribution in [2.45, 2.75) is 78.3 Å². The lowest BCUT2D eigenvalue weighted by Crippen LogP contribution is -2.34. The number of carbonyl (C=O) groups is 2. The lowest BCUT2D eigenvalue weighted by molar-refractivity contribution is 0.0526. The second-order valence-electron chi connectivity index (χ2n) is 9.92. The number of ether oxygens (including phenoxy) is 1. The van der Waals surface area contributed by atoms with Crippen LogP contribution in [-0.2, 0) is 17.6 Å². The van der Waals surface area contributed by atoms with E-state index in [0.29, 0.717) is 41.6 Å². The minimum atomic E-state index is -3.08. The largest absolute Gasteiger partial charge is 0.462 e. The maximum atomic E-state index is 14.4. The Bertz CT molecular complexity index is 1060. The number of halogens is 2. The number of esters is 1. The summed E-state index contributed by atoms with van der Waals surface area (Å²) in [7, 11) is 1.62. The van der Waals surface area contributed by atoms with Crippen molar-refractivity contribution in [2.24, 2.45) is 5.92 Å². The normalized spacial score (nSPS) is 18.7. The van der Waals surface area contributed by atoms with Crippen LogP contribution in [0.5, 0.6) is 0 Å². The van der Waals surface area contributed by atoms with Gasteiger partial charge in [0.05, 0.1) is 12.2 Å². The Labute approximate surface area is 225 Å². The molecule has 2 amide bonds. The maximum Gasteiger partial charge on any atom is 0.341 e. The molecule has 2 unspecified atom stereocenters. The summed E-state index contributed by atoms with van der Waals surface area (Å²) in [4.78, 5) is 26.9. The van der Waals surface area contributed by atoms with E-state index in [4.69, 9.17) is 4.74 Å². The van der Waals surface area contributed by atoms with Gasteiger partial charge < -0.3 is 15.4 Å². The molecule has 0 bridgehead atoms. The number of allylic oxidation sites excluding steroid dienone is 1. The predicted octanol–water partition coefficient (Wildman–Crippen LogP) is 6.44. The second-order valence-corrected chi connectivity index (χ2v) is 11.8. The molecule has 0 fully saturated rings. The summed E-state index contributed by atoms with van der Waals surface area (Å²) in [6.07, 6.45) is 6.13. The van der Waals surface area contributed by atoms with Gasteiger partial charge in [0.1, 0.15) is 5.00 Å². The summed E-state index contributed by atoms with van der Waals surface area (Å²) < 4.78 is 34.2. The fraction of sp³-hybridized carbons (Fsp3) is 0.630. The van der Waals surface area contributed by atoms with E-state index < -0.39 is 17.7 Å². The van der Waals surface area contributed by atoms with Crippen molar-refractivity contribution in [3.8, 4) is 0 Å². The van der Waals surface area contributed by atoms with Crippen LogP contribution in [-0.4, -0.2) is 43.9 Å². The van der Waals surface area contributed by atoms with Gasteiger partial charge in [-0.1, -0.05) is 35.1 Å². The number of amides is 2. The average Bonchev–Trinajstić information content (AvgIpc) is 3.19. The van der Waals surface area contributed by atoms with Gasteiger partial charge in [0.2, 0.25) is 0 Å². The number of alkyl halides is 2. The summed E-state index contributed by atoms with van der Waals surface area (Å²) in [5, 5.41) is 9.42. The highest BCUT2D eigenvalue weighted by atomic mass is 32.1. The number of rotatable bonds is 10. The summed E-state index contributed by atoms with van der Waals surface area (Å²) in [5.74, 6) is 0.00488. The van der Waals surface area contributed by atoms with Gasteiger partial charge in [-0.25, -0.2) is 9.59 Å². The third-order valence-corrected chi connectivity index (χ3v) is 8.75. The average molecular weight is 556 g/mol. The van der Waals surface area contributed by atoms with E-state index in [1.165, 1.54) is 18.3 Å². The monoisotopic (exact) mass is 555 g/mol. The van der Waals surface area contributed by atoms with E-state index in [0.717, 1.165) is 60.1 Å². The molecule has 37 heavy (non-hydrogen) atoms. The Hall–Kier alpha value is -1.83. The number of fused-ring (bicyclic) bond motifs is 1. The van der Waals surface area contributed by atoms with E-state index in [2.05, 4.69) is 29.8 Å². The fourth-order valence-electron chi connectivity index (χ4n) is 4.98. The van der Waals surface area contributed by atoms with E-state index in [1.54, 1.807) is 16.2 Å². The molecular formula is C27H40F2N3O3PS. The van der Waals surface area contributed by atoms with Gasteiger partial charge in [-0.05, 0) is 81.5 Å². The maximum absolute atomic E-state index is 14.4. The number of nitrogens with one attached hydrogen (secondary N) is 3. The predicted molar refractivity (Wildman–Crippen MR) is 150 cm³/mol. The molecule has 2 atom stereocenters. The van der Waals surface area contributed by atoms with Crippen molar-refractivity contribution < 1.29 is 23.1 Å². The Balaban J connectivity index is 1.85. The summed E-state index contributed by atoms with van der Waals surface area (Å²) in [6, 6.07) is -0.529. The first-order valence-electron chi connectivity index (χ1n) is 13.2. The molecule has 0 spiro atoms. The van der Waals surface area contributed by atoms with Gasteiger partial charge in [-0.2, -0.15) is 8.78 Å². The topological polar surface area (TPSA) is 79.5 Å². The van der Waals surface area contributed by atoms with Crippen LogP contribution in [0.15, 0.2) is 22.3 Å². The molecular weight excluding hydrogens is 515 g/mol. The number of unbranched alkanes of at least 4 members (excludes halogenated alkanes) is 1. The first-order valence-corrected chi connectivity index (χ1v) is 14.6. The molecule has 1 aromatic rings. The van der Waals surface area contributed by atoms with E-state index in [9.17, 15) is 18.4 Å². The van der Waals surface area contributed by atoms with Crippen molar-refractivity contribution in [3.05, 3.63) is 38.3 Å². The van der Waals surface area contributed by atoms with Gasteiger partial charge in [-0.3, -0.25) is 5.32 Å². The van der Waals surface area contributed by atoms with Crippen molar-refractivity contribution in [1.82, 2.24) is 10.6 Å². The molecule has 206 valence electrons. The van der Waals surface area contributed by atoms with Crippen molar-refractivity contribution in [2.75, 3.05) is 31.6 Å². The van der Waals surface area contributed by atoms with Crippen LogP contribution in [0.4, 0.5) is 18.6 Å². The first-order chi connectivity index (χ1) is 17.6. The lowest BCUT2D eigenvalue weighted by Gasteiger charge is -2.27. The number of aryl methyl sites for hydroxylation is 1. The van der Waals surface area contributed by atoms with Crippen LogP contribution in [0.1, 0.15) is 80.6 Å². The molecule has 0 saturated carbocycles. The zero-order valence-electron chi connectivity index (χ0n) is 22.3. The van der Waals surface area contributed by atoms with E-state index in [1.807, 2.05) is 0 Å². The third kappa shape index (κ3) is 7.61. The minimum absolute atomic E-state index is 0.0243. The molecule has 3 rings (SSSR count). The smallest absolute Gasteiger partial charge is 0.341 e. The molecule has 1 aliphatic heterocycles. The van der Waals surface area contributed by atoms with Gasteiger partial charge in [0, 0.05) is 23.5 Å². The van der Waals surface area contributed by atoms with E-state index >= 15 is 0 Å². The highest BCUT2D eigenvalue weighted by Crippen LogP contribution is 2.40. The van der Waals surface area contributed by atoms with Gasteiger partial charge in [0.25, 0.3) is 5.66 Å². The molecule has 1 aromatic heterocycles. The van der Waals surface area contributed by atoms with Crippen LogP contribution in [0.3, 0.4) is 0 Å². The lowest BCUT2D eigenvalue weighted by atomic mass is 9.88. The molecule has 0 radical (unpaired) electrons. The van der Waals surface area contributed by atoms with E-state index in [-0.39, 0.29) is 18.7 Å². The molecule has 6 nitrogen and oxygen atoms in total. The number of anilines is 1. The quantitative estimate of drug-likeness (QED) is 0.230. The molecule has 2 aliphatic rings. The first kappa shape index (κ1) is 29.7. The highest BCUT2D eigenvalue weighted by molar-refractivity contribution is 7.18. The van der Waals surface area contributed by atoms with Crippen LogP contribution in [0.25, 0.3) is 0 Å². The third-order valence-electron chi connectivity index (χ3n) is 7.11. The SMILES string of the molecule is CCCCC1=C(/C(CNC(=O)Nc2sc3c(c2C(=O)OCC)CC(C)CC3)=C(\C)C(F)(F)P)CCNC1. The highest BCUT2D eigenvalue weighted by Gasteiger charge is 2.31. The van der Waals surface area contributed by atoms with Crippen molar-refractivity contribution >= 4 is 37.6 Å². The number of thiophene rings is 1. The Morgan fingerprint density at radius 2 is 2.03 bits per heavy atom. The molecule has 1 aliphatic carbocycles. The zero-order valence-corrected chi connectivity index (χ0v) is 24.3. The van der Waals surface area contributed by atoms with Crippen LogP contribution < -0.4 is 16.0 Å². The molecule has 0 saturated heterocycles. The second kappa shape index (κ2) is 13.3. The minimum Gasteiger partial charge on any atom is -0.462 e.